The maximum absolute atomic E-state index is 10.9. The Balaban J connectivity index is 2.29. The number of aromatic nitrogens is 1. The molecule has 0 aliphatic carbocycles. The summed E-state index contributed by atoms with van der Waals surface area (Å²) in [4.78, 5) is 14.9. The molecule has 0 saturated carbocycles. The van der Waals surface area contributed by atoms with Crippen molar-refractivity contribution in [2.75, 3.05) is 0 Å². The van der Waals surface area contributed by atoms with Crippen LogP contribution in [0, 0.1) is 6.92 Å². The monoisotopic (exact) mass is 229 g/mol. The van der Waals surface area contributed by atoms with Crippen LogP contribution in [0.15, 0.2) is 42.5 Å². The lowest BCUT2D eigenvalue weighted by atomic mass is 10.2. The normalized spacial score (nSPS) is 9.94. The summed E-state index contributed by atoms with van der Waals surface area (Å²) in [6, 6.07) is 12.4. The highest BCUT2D eigenvalue weighted by Crippen LogP contribution is 2.20. The van der Waals surface area contributed by atoms with Crippen LogP contribution in [0.25, 0.3) is 0 Å². The molecule has 2 aromatic rings. The first kappa shape index (κ1) is 11.1. The molecule has 1 aromatic carbocycles. The number of hydrogen-bond donors (Lipinski definition) is 1. The number of benzene rings is 1. The van der Waals surface area contributed by atoms with Gasteiger partial charge in [-0.3, -0.25) is 0 Å². The topological polar surface area (TPSA) is 59.4 Å². The summed E-state index contributed by atoms with van der Waals surface area (Å²) in [5, 5.41) is 8.94. The molecule has 2 rings (SSSR count). The predicted octanol–water partition coefficient (Wildman–Crippen LogP) is 2.88. The van der Waals surface area contributed by atoms with E-state index in [2.05, 4.69) is 4.98 Å². The Morgan fingerprint density at radius 2 is 1.88 bits per heavy atom. The Morgan fingerprint density at radius 3 is 2.53 bits per heavy atom. The molecule has 0 radical (unpaired) electrons. The smallest absolute Gasteiger partial charge is 0.354 e. The number of para-hydroxylation sites is 1. The highest BCUT2D eigenvalue weighted by molar-refractivity contribution is 5.87. The largest absolute Gasteiger partial charge is 0.477 e. The molecule has 4 heteroatoms. The molecule has 0 amide bonds. The van der Waals surface area contributed by atoms with Gasteiger partial charge in [0.25, 0.3) is 0 Å². The first-order valence-corrected chi connectivity index (χ1v) is 5.10. The van der Waals surface area contributed by atoms with Crippen molar-refractivity contribution in [3.05, 3.63) is 53.7 Å². The highest BCUT2D eigenvalue weighted by Gasteiger charge is 2.10. The number of aromatic carboxylic acids is 1. The van der Waals surface area contributed by atoms with Crippen molar-refractivity contribution in [1.82, 2.24) is 4.98 Å². The predicted molar refractivity (Wildman–Crippen MR) is 62.4 cm³/mol. The van der Waals surface area contributed by atoms with E-state index >= 15 is 0 Å². The summed E-state index contributed by atoms with van der Waals surface area (Å²) >= 11 is 0. The van der Waals surface area contributed by atoms with Crippen LogP contribution in [0.5, 0.6) is 11.6 Å². The number of carbonyl (C=O) groups is 1. The van der Waals surface area contributed by atoms with Crippen molar-refractivity contribution in [3.63, 3.8) is 0 Å². The van der Waals surface area contributed by atoms with Gasteiger partial charge in [-0.05, 0) is 24.6 Å². The Kier molecular flexibility index (Phi) is 3.05. The summed E-state index contributed by atoms with van der Waals surface area (Å²) < 4.78 is 5.45. The van der Waals surface area contributed by atoms with E-state index in [4.69, 9.17) is 9.84 Å². The molecule has 0 atom stereocenters. The van der Waals surface area contributed by atoms with E-state index in [1.807, 2.05) is 18.2 Å². The molecule has 17 heavy (non-hydrogen) atoms. The average Bonchev–Trinajstić information content (AvgIpc) is 2.32. The van der Waals surface area contributed by atoms with Gasteiger partial charge in [-0.25, -0.2) is 9.78 Å². The summed E-state index contributed by atoms with van der Waals surface area (Å²) in [5.41, 5.74) is 0.622. The number of pyridine rings is 1. The van der Waals surface area contributed by atoms with E-state index in [0.717, 1.165) is 0 Å². The lowest BCUT2D eigenvalue weighted by Crippen LogP contribution is -2.04. The van der Waals surface area contributed by atoms with Gasteiger partial charge in [0.15, 0.2) is 5.69 Å². The maximum Gasteiger partial charge on any atom is 0.354 e. The third-order valence-corrected chi connectivity index (χ3v) is 2.24. The van der Waals surface area contributed by atoms with E-state index in [0.29, 0.717) is 11.3 Å². The molecule has 0 fully saturated rings. The van der Waals surface area contributed by atoms with Gasteiger partial charge >= 0.3 is 5.97 Å². The van der Waals surface area contributed by atoms with Gasteiger partial charge in [-0.15, -0.1) is 0 Å². The molecule has 1 aromatic heterocycles. The minimum absolute atomic E-state index is 0.0124. The zero-order valence-electron chi connectivity index (χ0n) is 9.25. The van der Waals surface area contributed by atoms with Crippen molar-refractivity contribution < 1.29 is 14.6 Å². The zero-order chi connectivity index (χ0) is 12.3. The lowest BCUT2D eigenvalue weighted by molar-refractivity contribution is 0.0688. The number of hydrogen-bond acceptors (Lipinski definition) is 3. The quantitative estimate of drug-likeness (QED) is 0.879. The van der Waals surface area contributed by atoms with Crippen LogP contribution in [-0.2, 0) is 0 Å². The second kappa shape index (κ2) is 4.65. The van der Waals surface area contributed by atoms with Crippen LogP contribution in [-0.4, -0.2) is 16.1 Å². The number of aryl methyl sites for hydroxylation is 1. The first-order chi connectivity index (χ1) is 8.16. The zero-order valence-corrected chi connectivity index (χ0v) is 9.25. The lowest BCUT2D eigenvalue weighted by Gasteiger charge is -2.06. The Bertz CT molecular complexity index is 538. The standard InChI is InChI=1S/C13H11NO3/c1-9-7-8-11(14-12(9)13(15)16)17-10-5-3-2-4-6-10/h2-8H,1H3,(H,15,16). The van der Waals surface area contributed by atoms with Crippen LogP contribution in [0.2, 0.25) is 0 Å². The van der Waals surface area contributed by atoms with Crippen molar-refractivity contribution in [2.24, 2.45) is 0 Å². The second-order valence-corrected chi connectivity index (χ2v) is 3.54. The van der Waals surface area contributed by atoms with Gasteiger partial charge in [0.1, 0.15) is 5.75 Å². The van der Waals surface area contributed by atoms with Crippen LogP contribution < -0.4 is 4.74 Å². The van der Waals surface area contributed by atoms with E-state index in [1.54, 1.807) is 31.2 Å². The molecule has 0 aliphatic heterocycles. The van der Waals surface area contributed by atoms with Gasteiger partial charge in [-0.1, -0.05) is 24.3 Å². The number of carboxylic acid groups (broad SMARTS) is 1. The van der Waals surface area contributed by atoms with Crippen LogP contribution in [0.4, 0.5) is 0 Å². The third-order valence-electron chi connectivity index (χ3n) is 2.24. The second-order valence-electron chi connectivity index (χ2n) is 3.54. The molecule has 0 spiro atoms. The SMILES string of the molecule is Cc1ccc(Oc2ccccc2)nc1C(=O)O. The number of ether oxygens (including phenoxy) is 1. The van der Waals surface area contributed by atoms with E-state index < -0.39 is 5.97 Å². The van der Waals surface area contributed by atoms with Crippen molar-refractivity contribution in [1.29, 1.82) is 0 Å². The van der Waals surface area contributed by atoms with Gasteiger partial charge in [0, 0.05) is 6.07 Å². The number of rotatable bonds is 3. The summed E-state index contributed by atoms with van der Waals surface area (Å²) in [5.74, 6) is -0.152. The van der Waals surface area contributed by atoms with Crippen LogP contribution >= 0.6 is 0 Å². The van der Waals surface area contributed by atoms with Crippen LogP contribution in [0.3, 0.4) is 0 Å². The average molecular weight is 229 g/mol. The Hall–Kier alpha value is -2.36. The number of carboxylic acids is 1. The van der Waals surface area contributed by atoms with Gasteiger partial charge < -0.3 is 9.84 Å². The molecular formula is C13H11NO3. The van der Waals surface area contributed by atoms with E-state index in [-0.39, 0.29) is 11.6 Å². The first-order valence-electron chi connectivity index (χ1n) is 5.10. The minimum Gasteiger partial charge on any atom is -0.477 e. The van der Waals surface area contributed by atoms with Crippen molar-refractivity contribution >= 4 is 5.97 Å². The molecular weight excluding hydrogens is 218 g/mol. The Labute approximate surface area is 98.5 Å². The molecule has 0 aliphatic rings. The molecule has 86 valence electrons. The fraction of sp³-hybridized carbons (Fsp3) is 0.0769. The molecule has 0 saturated heterocycles. The molecule has 1 heterocycles. The fourth-order valence-electron chi connectivity index (χ4n) is 1.39. The molecule has 0 bridgehead atoms. The van der Waals surface area contributed by atoms with E-state index in [1.165, 1.54) is 0 Å². The molecule has 0 unspecified atom stereocenters. The van der Waals surface area contributed by atoms with Gasteiger partial charge in [0.2, 0.25) is 5.88 Å². The number of nitrogens with zero attached hydrogens (tertiary/aromatic N) is 1. The van der Waals surface area contributed by atoms with Gasteiger partial charge in [0.05, 0.1) is 0 Å². The summed E-state index contributed by atoms with van der Waals surface area (Å²) in [6.07, 6.45) is 0. The highest BCUT2D eigenvalue weighted by atomic mass is 16.5. The van der Waals surface area contributed by atoms with Crippen molar-refractivity contribution in [3.8, 4) is 11.6 Å². The maximum atomic E-state index is 10.9. The molecule has 1 N–H and O–H groups in total. The van der Waals surface area contributed by atoms with E-state index in [9.17, 15) is 4.79 Å². The third kappa shape index (κ3) is 2.60. The summed E-state index contributed by atoms with van der Waals surface area (Å²) in [6.45, 7) is 1.70. The van der Waals surface area contributed by atoms with Gasteiger partial charge in [-0.2, -0.15) is 0 Å². The Morgan fingerprint density at radius 1 is 1.18 bits per heavy atom. The fourth-order valence-corrected chi connectivity index (χ4v) is 1.39. The van der Waals surface area contributed by atoms with Crippen LogP contribution in [0.1, 0.15) is 16.1 Å². The molecule has 4 nitrogen and oxygen atoms in total. The summed E-state index contributed by atoms with van der Waals surface area (Å²) in [7, 11) is 0. The van der Waals surface area contributed by atoms with Crippen molar-refractivity contribution in [2.45, 2.75) is 6.92 Å². The minimum atomic E-state index is -1.05.